The van der Waals surface area contributed by atoms with Gasteiger partial charge in [-0.05, 0) is 12.1 Å². The first-order valence-electron chi connectivity index (χ1n) is 4.02. The predicted octanol–water partition coefficient (Wildman–Crippen LogP) is 0.0466. The minimum atomic E-state index is -0.490. The molecule has 5 heteroatoms. The molecule has 0 spiro atoms. The summed E-state index contributed by atoms with van der Waals surface area (Å²) in [4.78, 5) is 26.5. The number of hydrogen-bond donors (Lipinski definition) is 1. The molecule has 5 nitrogen and oxygen atoms in total. The Labute approximate surface area is 79.2 Å². The van der Waals surface area contributed by atoms with Crippen molar-refractivity contribution in [3.05, 3.63) is 45.0 Å². The van der Waals surface area contributed by atoms with Crippen molar-refractivity contribution >= 4 is 5.69 Å². The highest BCUT2D eigenvalue weighted by Crippen LogP contribution is 2.17. The normalized spacial score (nSPS) is 10.6. The summed E-state index contributed by atoms with van der Waals surface area (Å²) in [6.45, 7) is 0. The van der Waals surface area contributed by atoms with Gasteiger partial charge in [-0.3, -0.25) is 19.9 Å². The van der Waals surface area contributed by atoms with Crippen LogP contribution in [0.5, 0.6) is 0 Å². The average Bonchev–Trinajstić information content (AvgIpc) is 2.77. The van der Waals surface area contributed by atoms with E-state index in [4.69, 9.17) is 4.84 Å². The lowest BCUT2D eigenvalue weighted by Crippen LogP contribution is -2.01. The lowest BCUT2D eigenvalue weighted by Gasteiger charge is -2.05. The van der Waals surface area contributed by atoms with Gasteiger partial charge in [0.1, 0.15) is 0 Å². The van der Waals surface area contributed by atoms with Crippen molar-refractivity contribution < 1.29 is 4.84 Å². The fraction of sp³-hybridized carbons (Fsp3) is 0.111. The average molecular weight is 192 g/mol. The molecule has 0 aliphatic carbocycles. The quantitative estimate of drug-likeness (QED) is 0.551. The van der Waals surface area contributed by atoms with Crippen LogP contribution in [-0.2, 0) is 4.84 Å². The van der Waals surface area contributed by atoms with Crippen molar-refractivity contribution in [1.82, 2.24) is 4.57 Å². The standard InChI is InChI=1S/C9H8N2O3/c1-14-10-6-4-2-3-5-7(6)11-8(12)9(11)13/h2-5,10H,1H3. The summed E-state index contributed by atoms with van der Waals surface area (Å²) >= 11 is 0. The fourth-order valence-corrected chi connectivity index (χ4v) is 1.22. The molecular formula is C9H8N2O3. The molecule has 2 aromatic rings. The predicted molar refractivity (Wildman–Crippen MR) is 51.3 cm³/mol. The molecule has 0 radical (unpaired) electrons. The zero-order valence-corrected chi connectivity index (χ0v) is 7.48. The van der Waals surface area contributed by atoms with E-state index >= 15 is 0 Å². The Morgan fingerprint density at radius 2 is 1.86 bits per heavy atom. The molecule has 0 aliphatic heterocycles. The zero-order valence-electron chi connectivity index (χ0n) is 7.48. The molecule has 0 fully saturated rings. The molecule has 14 heavy (non-hydrogen) atoms. The molecular weight excluding hydrogens is 184 g/mol. The van der Waals surface area contributed by atoms with E-state index in [0.717, 1.165) is 4.57 Å². The van der Waals surface area contributed by atoms with Gasteiger partial charge in [0, 0.05) is 0 Å². The highest BCUT2D eigenvalue weighted by atomic mass is 16.6. The van der Waals surface area contributed by atoms with Crippen LogP contribution in [0.3, 0.4) is 0 Å². The summed E-state index contributed by atoms with van der Waals surface area (Å²) in [7, 11) is 1.46. The Morgan fingerprint density at radius 3 is 2.43 bits per heavy atom. The van der Waals surface area contributed by atoms with Crippen molar-refractivity contribution in [3.8, 4) is 5.69 Å². The minimum Gasteiger partial charge on any atom is -0.279 e. The first kappa shape index (κ1) is 8.71. The van der Waals surface area contributed by atoms with E-state index in [1.807, 2.05) is 0 Å². The second-order valence-electron chi connectivity index (χ2n) is 2.77. The largest absolute Gasteiger partial charge is 0.324 e. The molecule has 72 valence electrons. The number of benzene rings is 1. The third-order valence-corrected chi connectivity index (χ3v) is 1.90. The Kier molecular flexibility index (Phi) is 1.94. The van der Waals surface area contributed by atoms with Crippen LogP contribution in [0.4, 0.5) is 5.69 Å². The Morgan fingerprint density at radius 1 is 1.21 bits per heavy atom. The lowest BCUT2D eigenvalue weighted by atomic mass is 10.3. The molecule has 0 saturated carbocycles. The van der Waals surface area contributed by atoms with Gasteiger partial charge in [-0.25, -0.2) is 4.57 Å². The van der Waals surface area contributed by atoms with Gasteiger partial charge in [-0.1, -0.05) is 12.1 Å². The molecule has 1 heterocycles. The monoisotopic (exact) mass is 192 g/mol. The van der Waals surface area contributed by atoms with Gasteiger partial charge in [0.15, 0.2) is 0 Å². The topological polar surface area (TPSA) is 60.3 Å². The maximum absolute atomic E-state index is 10.9. The van der Waals surface area contributed by atoms with Gasteiger partial charge in [0.25, 0.3) is 0 Å². The van der Waals surface area contributed by atoms with Crippen LogP contribution in [0.25, 0.3) is 5.69 Å². The summed E-state index contributed by atoms with van der Waals surface area (Å²) in [5.41, 5.74) is 2.72. The molecule has 1 aromatic heterocycles. The third-order valence-electron chi connectivity index (χ3n) is 1.90. The smallest absolute Gasteiger partial charge is 0.279 e. The van der Waals surface area contributed by atoms with Crippen molar-refractivity contribution in [2.24, 2.45) is 0 Å². The van der Waals surface area contributed by atoms with E-state index in [0.29, 0.717) is 11.4 Å². The summed E-state index contributed by atoms with van der Waals surface area (Å²) < 4.78 is 1.08. The number of hydrogen-bond acceptors (Lipinski definition) is 4. The van der Waals surface area contributed by atoms with E-state index in [-0.39, 0.29) is 0 Å². The Hall–Kier alpha value is -1.88. The van der Waals surface area contributed by atoms with Crippen LogP contribution in [0.1, 0.15) is 0 Å². The summed E-state index contributed by atoms with van der Waals surface area (Å²) in [5, 5.41) is 0. The van der Waals surface area contributed by atoms with Gasteiger partial charge >= 0.3 is 11.1 Å². The molecule has 2 rings (SSSR count). The minimum absolute atomic E-state index is 0.490. The van der Waals surface area contributed by atoms with E-state index in [1.54, 1.807) is 24.3 Å². The van der Waals surface area contributed by atoms with Gasteiger partial charge in [-0.2, -0.15) is 0 Å². The number of rotatable bonds is 3. The van der Waals surface area contributed by atoms with E-state index < -0.39 is 11.1 Å². The molecule has 0 aliphatic rings. The number of nitrogens with one attached hydrogen (secondary N) is 1. The molecule has 0 bridgehead atoms. The maximum Gasteiger partial charge on any atom is 0.324 e. The number of anilines is 1. The Balaban J connectivity index is 2.48. The molecule has 0 atom stereocenters. The zero-order chi connectivity index (χ0) is 10.1. The van der Waals surface area contributed by atoms with Gasteiger partial charge in [-0.15, -0.1) is 0 Å². The van der Waals surface area contributed by atoms with Crippen LogP contribution in [0.15, 0.2) is 33.9 Å². The van der Waals surface area contributed by atoms with Crippen molar-refractivity contribution in [2.45, 2.75) is 0 Å². The highest BCUT2D eigenvalue weighted by Gasteiger charge is 2.20. The van der Waals surface area contributed by atoms with Gasteiger partial charge in [0.05, 0.1) is 18.5 Å². The molecule has 0 amide bonds. The van der Waals surface area contributed by atoms with Crippen LogP contribution in [0, 0.1) is 0 Å². The van der Waals surface area contributed by atoms with E-state index in [1.165, 1.54) is 7.11 Å². The first-order chi connectivity index (χ1) is 6.75. The van der Waals surface area contributed by atoms with Gasteiger partial charge in [0.2, 0.25) is 0 Å². The number of aromatic nitrogens is 1. The fourth-order valence-electron chi connectivity index (χ4n) is 1.22. The Bertz CT molecular complexity index is 498. The highest BCUT2D eigenvalue weighted by molar-refractivity contribution is 5.60. The van der Waals surface area contributed by atoms with Crippen LogP contribution in [-0.4, -0.2) is 11.7 Å². The van der Waals surface area contributed by atoms with Crippen LogP contribution < -0.4 is 16.6 Å². The lowest BCUT2D eigenvalue weighted by molar-refractivity contribution is 0.271. The molecule has 1 N–H and O–H groups in total. The molecule has 0 saturated heterocycles. The summed E-state index contributed by atoms with van der Waals surface area (Å²) in [6.07, 6.45) is 0. The number of para-hydroxylation sites is 2. The van der Waals surface area contributed by atoms with Gasteiger partial charge < -0.3 is 0 Å². The second-order valence-corrected chi connectivity index (χ2v) is 2.77. The SMILES string of the molecule is CONc1ccccc1-n1c(=O)c1=O. The van der Waals surface area contributed by atoms with E-state index in [2.05, 4.69) is 5.48 Å². The van der Waals surface area contributed by atoms with Crippen molar-refractivity contribution in [1.29, 1.82) is 0 Å². The van der Waals surface area contributed by atoms with Crippen LogP contribution >= 0.6 is 0 Å². The first-order valence-corrected chi connectivity index (χ1v) is 4.02. The summed E-state index contributed by atoms with van der Waals surface area (Å²) in [6, 6.07) is 6.92. The van der Waals surface area contributed by atoms with E-state index in [9.17, 15) is 9.59 Å². The maximum atomic E-state index is 10.9. The second kappa shape index (κ2) is 3.12. The number of nitrogens with zero attached hydrogens (tertiary/aromatic N) is 1. The van der Waals surface area contributed by atoms with Crippen molar-refractivity contribution in [2.75, 3.05) is 12.6 Å². The molecule has 0 unspecified atom stereocenters. The summed E-state index contributed by atoms with van der Waals surface area (Å²) in [5.74, 6) is 0. The molecule has 1 aromatic carbocycles. The third kappa shape index (κ3) is 1.23. The van der Waals surface area contributed by atoms with Crippen molar-refractivity contribution in [3.63, 3.8) is 0 Å². The van der Waals surface area contributed by atoms with Crippen LogP contribution in [0.2, 0.25) is 0 Å².